The summed E-state index contributed by atoms with van der Waals surface area (Å²) < 4.78 is 6.29. The molecule has 0 spiro atoms. The van der Waals surface area contributed by atoms with Crippen LogP contribution in [0, 0.1) is 6.92 Å². The SMILES string of the molecule is CCOC(=O)CCCCCn1ncc(C)cc1=O. The molecule has 0 N–H and O–H groups in total. The molecule has 0 unspecified atom stereocenters. The Morgan fingerprint density at radius 2 is 2.17 bits per heavy atom. The number of aromatic nitrogens is 2. The monoisotopic (exact) mass is 252 g/mol. The van der Waals surface area contributed by atoms with Gasteiger partial charge in [-0.1, -0.05) is 6.42 Å². The molecule has 1 rings (SSSR count). The number of nitrogens with zero attached hydrogens (tertiary/aromatic N) is 2. The fourth-order valence-electron chi connectivity index (χ4n) is 1.63. The fraction of sp³-hybridized carbons (Fsp3) is 0.615. The zero-order chi connectivity index (χ0) is 13.4. The van der Waals surface area contributed by atoms with Crippen molar-refractivity contribution in [1.29, 1.82) is 0 Å². The number of carbonyl (C=O) groups excluding carboxylic acids is 1. The van der Waals surface area contributed by atoms with Crippen molar-refractivity contribution in [1.82, 2.24) is 9.78 Å². The first-order chi connectivity index (χ1) is 8.63. The summed E-state index contributed by atoms with van der Waals surface area (Å²) in [6.45, 7) is 4.68. The number of carbonyl (C=O) groups is 1. The molecule has 100 valence electrons. The van der Waals surface area contributed by atoms with E-state index >= 15 is 0 Å². The minimum atomic E-state index is -0.150. The molecule has 0 aromatic carbocycles. The molecule has 0 aliphatic carbocycles. The molecule has 1 heterocycles. The molecular weight excluding hydrogens is 232 g/mol. The van der Waals surface area contributed by atoms with Crippen molar-refractivity contribution in [2.24, 2.45) is 0 Å². The smallest absolute Gasteiger partial charge is 0.305 e. The maximum Gasteiger partial charge on any atom is 0.305 e. The Hall–Kier alpha value is -1.65. The zero-order valence-corrected chi connectivity index (χ0v) is 11.0. The van der Waals surface area contributed by atoms with Gasteiger partial charge in [-0.15, -0.1) is 0 Å². The van der Waals surface area contributed by atoms with Crippen LogP contribution in [0.2, 0.25) is 0 Å². The highest BCUT2D eigenvalue weighted by Crippen LogP contribution is 2.02. The summed E-state index contributed by atoms with van der Waals surface area (Å²) in [5.74, 6) is -0.150. The van der Waals surface area contributed by atoms with Gasteiger partial charge in [0.1, 0.15) is 0 Å². The topological polar surface area (TPSA) is 61.2 Å². The summed E-state index contributed by atoms with van der Waals surface area (Å²) in [5, 5.41) is 4.05. The van der Waals surface area contributed by atoms with Crippen molar-refractivity contribution >= 4 is 5.97 Å². The first-order valence-corrected chi connectivity index (χ1v) is 6.33. The molecule has 0 fully saturated rings. The minimum Gasteiger partial charge on any atom is -0.466 e. The number of hydrogen-bond acceptors (Lipinski definition) is 4. The summed E-state index contributed by atoms with van der Waals surface area (Å²) in [7, 11) is 0. The average molecular weight is 252 g/mol. The summed E-state index contributed by atoms with van der Waals surface area (Å²) in [6.07, 6.45) is 4.65. The first-order valence-electron chi connectivity index (χ1n) is 6.33. The normalized spacial score (nSPS) is 10.3. The Balaban J connectivity index is 2.22. The summed E-state index contributed by atoms with van der Waals surface area (Å²) in [4.78, 5) is 22.6. The third-order valence-corrected chi connectivity index (χ3v) is 2.56. The Morgan fingerprint density at radius 1 is 1.39 bits per heavy atom. The second-order valence-corrected chi connectivity index (χ2v) is 4.21. The molecule has 0 saturated heterocycles. The minimum absolute atomic E-state index is 0.0691. The number of esters is 1. The van der Waals surface area contributed by atoms with E-state index in [1.165, 1.54) is 4.68 Å². The fourth-order valence-corrected chi connectivity index (χ4v) is 1.63. The van der Waals surface area contributed by atoms with Crippen LogP contribution in [0.4, 0.5) is 0 Å². The van der Waals surface area contributed by atoms with Gasteiger partial charge in [0.25, 0.3) is 5.56 Å². The van der Waals surface area contributed by atoms with E-state index in [1.54, 1.807) is 19.2 Å². The molecule has 18 heavy (non-hydrogen) atoms. The Kier molecular flexibility index (Phi) is 6.11. The predicted molar refractivity (Wildman–Crippen MR) is 68.3 cm³/mol. The van der Waals surface area contributed by atoms with Crippen molar-refractivity contribution in [3.05, 3.63) is 28.2 Å². The van der Waals surface area contributed by atoms with Gasteiger partial charge in [0.05, 0.1) is 12.8 Å². The molecule has 0 atom stereocenters. The predicted octanol–water partition coefficient (Wildman–Crippen LogP) is 1.68. The van der Waals surface area contributed by atoms with Gasteiger partial charge in [0.2, 0.25) is 0 Å². The first kappa shape index (κ1) is 14.4. The maximum atomic E-state index is 11.5. The van der Waals surface area contributed by atoms with Crippen LogP contribution in [0.5, 0.6) is 0 Å². The highest BCUT2D eigenvalue weighted by Gasteiger charge is 2.01. The summed E-state index contributed by atoms with van der Waals surface area (Å²) >= 11 is 0. The lowest BCUT2D eigenvalue weighted by Crippen LogP contribution is -2.22. The Morgan fingerprint density at radius 3 is 2.83 bits per heavy atom. The maximum absolute atomic E-state index is 11.5. The van der Waals surface area contributed by atoms with Crippen LogP contribution in [0.25, 0.3) is 0 Å². The van der Waals surface area contributed by atoms with E-state index < -0.39 is 0 Å². The Bertz CT molecular complexity index is 440. The molecule has 1 aromatic rings. The quantitative estimate of drug-likeness (QED) is 0.547. The van der Waals surface area contributed by atoms with Gasteiger partial charge in [0.15, 0.2) is 0 Å². The lowest BCUT2D eigenvalue weighted by molar-refractivity contribution is -0.143. The van der Waals surface area contributed by atoms with E-state index in [1.807, 2.05) is 6.92 Å². The van der Waals surface area contributed by atoms with Gasteiger partial charge in [-0.05, 0) is 32.3 Å². The van der Waals surface area contributed by atoms with Crippen LogP contribution in [-0.4, -0.2) is 22.4 Å². The molecule has 0 bridgehead atoms. The molecule has 5 heteroatoms. The van der Waals surface area contributed by atoms with E-state index in [9.17, 15) is 9.59 Å². The molecule has 0 saturated carbocycles. The third-order valence-electron chi connectivity index (χ3n) is 2.56. The van der Waals surface area contributed by atoms with Crippen molar-refractivity contribution in [3.8, 4) is 0 Å². The van der Waals surface area contributed by atoms with E-state index in [4.69, 9.17) is 4.74 Å². The van der Waals surface area contributed by atoms with E-state index in [0.717, 1.165) is 24.8 Å². The van der Waals surface area contributed by atoms with Crippen molar-refractivity contribution < 1.29 is 9.53 Å². The van der Waals surface area contributed by atoms with Crippen LogP contribution < -0.4 is 5.56 Å². The second-order valence-electron chi connectivity index (χ2n) is 4.21. The standard InChI is InChI=1S/C13H20N2O3/c1-3-18-13(17)7-5-4-6-8-15-12(16)9-11(2)10-14-15/h9-10H,3-8H2,1-2H3. The van der Waals surface area contributed by atoms with Gasteiger partial charge < -0.3 is 4.74 Å². The lowest BCUT2D eigenvalue weighted by Gasteiger charge is -2.04. The lowest BCUT2D eigenvalue weighted by atomic mass is 10.2. The van der Waals surface area contributed by atoms with Gasteiger partial charge in [0, 0.05) is 19.0 Å². The summed E-state index contributed by atoms with van der Waals surface area (Å²) in [6, 6.07) is 1.58. The molecule has 0 aliphatic heterocycles. The van der Waals surface area contributed by atoms with Gasteiger partial charge in [-0.3, -0.25) is 9.59 Å². The van der Waals surface area contributed by atoms with Gasteiger partial charge in [-0.25, -0.2) is 4.68 Å². The van der Waals surface area contributed by atoms with Crippen molar-refractivity contribution in [3.63, 3.8) is 0 Å². The van der Waals surface area contributed by atoms with Crippen LogP contribution in [0.15, 0.2) is 17.1 Å². The highest BCUT2D eigenvalue weighted by molar-refractivity contribution is 5.69. The average Bonchev–Trinajstić information content (AvgIpc) is 2.31. The van der Waals surface area contributed by atoms with Gasteiger partial charge >= 0.3 is 5.97 Å². The molecular formula is C13H20N2O3. The van der Waals surface area contributed by atoms with E-state index in [2.05, 4.69) is 5.10 Å². The van der Waals surface area contributed by atoms with Crippen molar-refractivity contribution in [2.45, 2.75) is 46.1 Å². The Labute approximate surface area is 107 Å². The second kappa shape index (κ2) is 7.63. The third kappa shape index (κ3) is 5.12. The van der Waals surface area contributed by atoms with Crippen LogP contribution in [-0.2, 0) is 16.1 Å². The molecule has 0 aliphatic rings. The number of hydrogen-bond donors (Lipinski definition) is 0. The largest absolute Gasteiger partial charge is 0.466 e. The number of unbranched alkanes of at least 4 members (excludes halogenated alkanes) is 2. The van der Waals surface area contributed by atoms with Crippen LogP contribution in [0.3, 0.4) is 0 Å². The van der Waals surface area contributed by atoms with E-state index in [-0.39, 0.29) is 11.5 Å². The van der Waals surface area contributed by atoms with E-state index in [0.29, 0.717) is 19.6 Å². The van der Waals surface area contributed by atoms with Gasteiger partial charge in [-0.2, -0.15) is 5.10 Å². The van der Waals surface area contributed by atoms with Crippen LogP contribution in [0.1, 0.15) is 38.2 Å². The number of rotatable bonds is 7. The van der Waals surface area contributed by atoms with Crippen LogP contribution >= 0.6 is 0 Å². The molecule has 1 aromatic heterocycles. The molecule has 5 nitrogen and oxygen atoms in total. The highest BCUT2D eigenvalue weighted by atomic mass is 16.5. The molecule has 0 amide bonds. The zero-order valence-electron chi connectivity index (χ0n) is 11.0. The number of ether oxygens (including phenoxy) is 1. The number of aryl methyl sites for hydroxylation is 2. The summed E-state index contributed by atoms with van der Waals surface area (Å²) in [5.41, 5.74) is 0.805. The molecule has 0 radical (unpaired) electrons. The van der Waals surface area contributed by atoms with Crippen molar-refractivity contribution in [2.75, 3.05) is 6.61 Å².